The third kappa shape index (κ3) is 4.91. The van der Waals surface area contributed by atoms with E-state index in [0.29, 0.717) is 6.47 Å². The number of hydrogen-bond acceptors (Lipinski definition) is 5. The SMILES string of the molecule is CNc1ccc(C(c2ccc3c(c2)C(O)CC3)C(C)(C)C)c(C)c1N.COC=O. The van der Waals surface area contributed by atoms with Crippen molar-refractivity contribution in [1.29, 1.82) is 0 Å². The molecule has 1 aliphatic carbocycles. The van der Waals surface area contributed by atoms with Crippen LogP contribution in [-0.2, 0) is 16.0 Å². The van der Waals surface area contributed by atoms with Crippen molar-refractivity contribution in [2.75, 3.05) is 25.2 Å². The minimum absolute atomic E-state index is 0.0379. The summed E-state index contributed by atoms with van der Waals surface area (Å²) in [5.41, 5.74) is 14.2. The Bertz CT molecular complexity index is 856. The zero-order valence-electron chi connectivity index (χ0n) is 18.4. The van der Waals surface area contributed by atoms with Crippen molar-refractivity contribution in [3.63, 3.8) is 0 Å². The summed E-state index contributed by atoms with van der Waals surface area (Å²) in [6.45, 7) is 9.28. The first kappa shape index (κ1) is 22.8. The third-order valence-electron chi connectivity index (χ3n) is 5.65. The van der Waals surface area contributed by atoms with Gasteiger partial charge >= 0.3 is 0 Å². The van der Waals surface area contributed by atoms with Crippen LogP contribution in [0.15, 0.2) is 30.3 Å². The van der Waals surface area contributed by atoms with Crippen molar-refractivity contribution in [2.24, 2.45) is 5.41 Å². The Morgan fingerprint density at radius 1 is 1.28 bits per heavy atom. The van der Waals surface area contributed by atoms with Crippen LogP contribution in [0.1, 0.15) is 67.0 Å². The molecule has 2 aromatic carbocycles. The second kappa shape index (κ2) is 9.31. The molecule has 5 nitrogen and oxygen atoms in total. The van der Waals surface area contributed by atoms with Crippen LogP contribution in [0.2, 0.25) is 0 Å². The van der Waals surface area contributed by atoms with Crippen LogP contribution in [-0.4, -0.2) is 25.7 Å². The smallest absolute Gasteiger partial charge is 0.292 e. The fraction of sp³-hybridized carbons (Fsp3) is 0.458. The van der Waals surface area contributed by atoms with Crippen molar-refractivity contribution in [2.45, 2.75) is 52.6 Å². The van der Waals surface area contributed by atoms with Gasteiger partial charge in [-0.05, 0) is 59.1 Å². The van der Waals surface area contributed by atoms with Gasteiger partial charge in [-0.25, -0.2) is 0 Å². The molecule has 2 aromatic rings. The predicted octanol–water partition coefficient (Wildman–Crippen LogP) is 4.57. The standard InChI is InChI=1S/C22H30N2O.C2H4O2/c1-13-16(9-10-18(24-5)21(13)23)20(22(2,3)4)15-7-6-14-8-11-19(25)17(14)12-15;1-4-2-3/h6-7,9-10,12,19-20,24-25H,8,11,23H2,1-5H3;2H,1H3. The van der Waals surface area contributed by atoms with Crippen molar-refractivity contribution in [3.05, 3.63) is 58.1 Å². The van der Waals surface area contributed by atoms with E-state index in [-0.39, 0.29) is 17.4 Å². The molecule has 4 N–H and O–H groups in total. The molecule has 0 fully saturated rings. The van der Waals surface area contributed by atoms with Crippen LogP contribution < -0.4 is 11.1 Å². The molecule has 0 saturated carbocycles. The molecule has 3 rings (SSSR count). The molecule has 158 valence electrons. The van der Waals surface area contributed by atoms with Gasteiger partial charge in [-0.15, -0.1) is 0 Å². The molecule has 29 heavy (non-hydrogen) atoms. The summed E-state index contributed by atoms with van der Waals surface area (Å²) in [7, 11) is 3.21. The van der Waals surface area contributed by atoms with Gasteiger partial charge in [0, 0.05) is 13.0 Å². The van der Waals surface area contributed by atoms with E-state index in [1.54, 1.807) is 0 Å². The fourth-order valence-electron chi connectivity index (χ4n) is 4.20. The maximum atomic E-state index is 10.3. The van der Waals surface area contributed by atoms with Crippen molar-refractivity contribution < 1.29 is 14.6 Å². The van der Waals surface area contributed by atoms with Gasteiger partial charge in [0.1, 0.15) is 0 Å². The van der Waals surface area contributed by atoms with Crippen molar-refractivity contribution >= 4 is 17.8 Å². The molecule has 0 amide bonds. The number of methoxy groups -OCH3 is 1. The number of hydrogen-bond donors (Lipinski definition) is 3. The number of benzene rings is 2. The number of nitrogens with two attached hydrogens (primary N) is 1. The molecule has 0 spiro atoms. The normalized spacial score (nSPS) is 16.3. The highest BCUT2D eigenvalue weighted by Gasteiger charge is 2.31. The molecule has 0 aromatic heterocycles. The number of ether oxygens (including phenoxy) is 1. The van der Waals surface area contributed by atoms with Crippen LogP contribution in [0.25, 0.3) is 0 Å². The molecule has 0 saturated heterocycles. The monoisotopic (exact) mass is 398 g/mol. The number of aliphatic hydroxyl groups excluding tert-OH is 1. The van der Waals surface area contributed by atoms with Gasteiger partial charge in [0.25, 0.3) is 6.47 Å². The van der Waals surface area contributed by atoms with Gasteiger partial charge in [0.15, 0.2) is 0 Å². The molecule has 0 heterocycles. The maximum absolute atomic E-state index is 10.3. The van der Waals surface area contributed by atoms with E-state index in [4.69, 9.17) is 10.5 Å². The second-order valence-electron chi connectivity index (χ2n) is 8.63. The van der Waals surface area contributed by atoms with E-state index < -0.39 is 0 Å². The van der Waals surface area contributed by atoms with E-state index in [2.05, 4.69) is 68.1 Å². The number of nitrogen functional groups attached to an aromatic ring is 1. The van der Waals surface area contributed by atoms with Crippen LogP contribution in [0.5, 0.6) is 0 Å². The molecular formula is C24H34N2O3. The largest absolute Gasteiger partial charge is 0.471 e. The quantitative estimate of drug-likeness (QED) is 0.519. The number of rotatable bonds is 4. The lowest BCUT2D eigenvalue weighted by molar-refractivity contribution is -0.126. The highest BCUT2D eigenvalue weighted by molar-refractivity contribution is 5.72. The van der Waals surface area contributed by atoms with Crippen LogP contribution >= 0.6 is 0 Å². The number of carbonyl (C=O) groups is 1. The first-order valence-electron chi connectivity index (χ1n) is 9.99. The zero-order valence-corrected chi connectivity index (χ0v) is 18.4. The Morgan fingerprint density at radius 2 is 1.93 bits per heavy atom. The molecule has 0 aliphatic heterocycles. The summed E-state index contributed by atoms with van der Waals surface area (Å²) in [5.74, 6) is 0.221. The summed E-state index contributed by atoms with van der Waals surface area (Å²) in [6, 6.07) is 10.9. The number of anilines is 2. The number of fused-ring (bicyclic) bond motifs is 1. The van der Waals surface area contributed by atoms with Crippen LogP contribution in [0, 0.1) is 12.3 Å². The second-order valence-corrected chi connectivity index (χ2v) is 8.63. The predicted molar refractivity (Wildman–Crippen MR) is 119 cm³/mol. The Labute approximate surface area is 174 Å². The topological polar surface area (TPSA) is 84.6 Å². The number of aryl methyl sites for hydroxylation is 1. The minimum atomic E-state index is -0.326. The zero-order chi connectivity index (χ0) is 21.8. The molecule has 5 heteroatoms. The van der Waals surface area contributed by atoms with Crippen molar-refractivity contribution in [1.82, 2.24) is 0 Å². The maximum Gasteiger partial charge on any atom is 0.292 e. The van der Waals surface area contributed by atoms with Gasteiger partial charge < -0.3 is 20.9 Å². The summed E-state index contributed by atoms with van der Waals surface area (Å²) in [6.07, 6.45) is 1.48. The lowest BCUT2D eigenvalue weighted by atomic mass is 9.71. The minimum Gasteiger partial charge on any atom is -0.471 e. The Morgan fingerprint density at radius 3 is 2.48 bits per heavy atom. The summed E-state index contributed by atoms with van der Waals surface area (Å²) in [5, 5.41) is 13.5. The van der Waals surface area contributed by atoms with E-state index in [0.717, 1.165) is 35.3 Å². The van der Waals surface area contributed by atoms with E-state index in [9.17, 15) is 5.11 Å². The first-order chi connectivity index (χ1) is 13.6. The molecule has 1 aliphatic rings. The lowest BCUT2D eigenvalue weighted by Gasteiger charge is -2.34. The molecule has 2 unspecified atom stereocenters. The van der Waals surface area contributed by atoms with Gasteiger partial charge in [-0.2, -0.15) is 0 Å². The Balaban J connectivity index is 0.000000687. The van der Waals surface area contributed by atoms with Crippen LogP contribution in [0.4, 0.5) is 11.4 Å². The van der Waals surface area contributed by atoms with Gasteiger partial charge in [-0.1, -0.05) is 45.0 Å². The van der Waals surface area contributed by atoms with Crippen LogP contribution in [0.3, 0.4) is 0 Å². The highest BCUT2D eigenvalue weighted by Crippen LogP contribution is 2.45. The Kier molecular flexibility index (Phi) is 7.31. The van der Waals surface area contributed by atoms with Gasteiger partial charge in [-0.3, -0.25) is 4.79 Å². The van der Waals surface area contributed by atoms with Gasteiger partial charge in [0.2, 0.25) is 0 Å². The van der Waals surface area contributed by atoms with Crippen molar-refractivity contribution in [3.8, 4) is 0 Å². The average molecular weight is 399 g/mol. The van der Waals surface area contributed by atoms with E-state index in [1.807, 2.05) is 7.05 Å². The number of aliphatic hydroxyl groups is 1. The summed E-state index contributed by atoms with van der Waals surface area (Å²) >= 11 is 0. The number of carbonyl (C=O) groups excluding carboxylic acids is 1. The highest BCUT2D eigenvalue weighted by atomic mass is 16.5. The summed E-state index contributed by atoms with van der Waals surface area (Å²) < 4.78 is 3.86. The third-order valence-corrected chi connectivity index (χ3v) is 5.65. The fourth-order valence-corrected chi connectivity index (χ4v) is 4.20. The number of nitrogens with one attached hydrogen (secondary N) is 1. The lowest BCUT2D eigenvalue weighted by Crippen LogP contribution is -2.21. The van der Waals surface area contributed by atoms with Gasteiger partial charge in [0.05, 0.1) is 24.6 Å². The average Bonchev–Trinajstić information content (AvgIpc) is 3.05. The first-order valence-corrected chi connectivity index (χ1v) is 9.99. The molecule has 0 bridgehead atoms. The molecule has 0 radical (unpaired) electrons. The Hall–Kier alpha value is -2.53. The van der Waals surface area contributed by atoms with E-state index >= 15 is 0 Å². The molecular weight excluding hydrogens is 364 g/mol. The van der Waals surface area contributed by atoms with E-state index in [1.165, 1.54) is 23.8 Å². The summed E-state index contributed by atoms with van der Waals surface area (Å²) in [4.78, 5) is 8.95. The molecule has 2 atom stereocenters.